The molecule has 14 heavy (non-hydrogen) atoms. The predicted octanol–water partition coefficient (Wildman–Crippen LogP) is 0.671. The molecular formula is C10H18N2O2. The van der Waals surface area contributed by atoms with Gasteiger partial charge in [0.1, 0.15) is 5.54 Å². The Kier molecular flexibility index (Phi) is 4.33. The fourth-order valence-electron chi connectivity index (χ4n) is 1.30. The number of hydrogen-bond acceptors (Lipinski definition) is 4. The third-order valence-electron chi connectivity index (χ3n) is 2.40. The van der Waals surface area contributed by atoms with Crippen molar-refractivity contribution in [1.29, 1.82) is 5.26 Å². The van der Waals surface area contributed by atoms with Gasteiger partial charge in [0.15, 0.2) is 0 Å². The van der Waals surface area contributed by atoms with Gasteiger partial charge in [0.05, 0.1) is 19.3 Å². The van der Waals surface area contributed by atoms with E-state index >= 15 is 0 Å². The normalized spacial score (nSPS) is 25.6. The first-order valence-electron chi connectivity index (χ1n) is 5.00. The molecule has 1 fully saturated rings. The molecule has 0 saturated carbocycles. The van der Waals surface area contributed by atoms with Gasteiger partial charge in [-0.2, -0.15) is 5.26 Å². The van der Waals surface area contributed by atoms with Crippen molar-refractivity contribution in [2.45, 2.75) is 25.3 Å². The maximum atomic E-state index is 8.65. The third-order valence-corrected chi connectivity index (χ3v) is 2.40. The van der Waals surface area contributed by atoms with E-state index in [-0.39, 0.29) is 0 Å². The number of nitriles is 1. The summed E-state index contributed by atoms with van der Waals surface area (Å²) < 4.78 is 10.7. The van der Waals surface area contributed by atoms with Crippen molar-refractivity contribution in [2.75, 3.05) is 26.4 Å². The molecule has 1 aliphatic rings. The van der Waals surface area contributed by atoms with Crippen LogP contribution in [-0.2, 0) is 9.47 Å². The van der Waals surface area contributed by atoms with Gasteiger partial charge in [0.2, 0.25) is 0 Å². The number of rotatable bonds is 5. The summed E-state index contributed by atoms with van der Waals surface area (Å²) in [7, 11) is 0. The van der Waals surface area contributed by atoms with Crippen LogP contribution in [0.1, 0.15) is 19.8 Å². The zero-order chi connectivity index (χ0) is 10.4. The maximum absolute atomic E-state index is 8.65. The lowest BCUT2D eigenvalue weighted by Crippen LogP contribution is -2.35. The second kappa shape index (κ2) is 5.30. The second-order valence-corrected chi connectivity index (χ2v) is 4.08. The molecule has 1 heterocycles. The van der Waals surface area contributed by atoms with E-state index in [1.54, 1.807) is 6.92 Å². The first-order chi connectivity index (χ1) is 6.64. The zero-order valence-electron chi connectivity index (χ0n) is 8.66. The maximum Gasteiger partial charge on any atom is 0.103 e. The van der Waals surface area contributed by atoms with Crippen molar-refractivity contribution in [2.24, 2.45) is 11.7 Å². The van der Waals surface area contributed by atoms with Gasteiger partial charge in [0, 0.05) is 25.6 Å². The smallest absolute Gasteiger partial charge is 0.103 e. The summed E-state index contributed by atoms with van der Waals surface area (Å²) in [5, 5.41) is 8.65. The minimum Gasteiger partial charge on any atom is -0.381 e. The average Bonchev–Trinajstić information content (AvgIpc) is 2.65. The Bertz CT molecular complexity index is 205. The van der Waals surface area contributed by atoms with Crippen molar-refractivity contribution < 1.29 is 9.47 Å². The lowest BCUT2D eigenvalue weighted by molar-refractivity contribution is 0.0827. The van der Waals surface area contributed by atoms with Gasteiger partial charge >= 0.3 is 0 Å². The van der Waals surface area contributed by atoms with Gasteiger partial charge in [-0.3, -0.25) is 0 Å². The van der Waals surface area contributed by atoms with E-state index in [4.69, 9.17) is 20.5 Å². The van der Waals surface area contributed by atoms with Crippen molar-refractivity contribution >= 4 is 0 Å². The number of ether oxygens (including phenoxy) is 2. The molecule has 2 N–H and O–H groups in total. The molecular weight excluding hydrogens is 180 g/mol. The molecule has 0 aromatic rings. The molecule has 1 aliphatic heterocycles. The van der Waals surface area contributed by atoms with Crippen LogP contribution >= 0.6 is 0 Å². The molecule has 80 valence electrons. The fraction of sp³-hybridized carbons (Fsp3) is 0.900. The van der Waals surface area contributed by atoms with Crippen LogP contribution in [0.5, 0.6) is 0 Å². The Labute approximate surface area is 85.0 Å². The van der Waals surface area contributed by atoms with Crippen LogP contribution < -0.4 is 5.73 Å². The van der Waals surface area contributed by atoms with Crippen molar-refractivity contribution in [1.82, 2.24) is 0 Å². The topological polar surface area (TPSA) is 68.3 Å². The van der Waals surface area contributed by atoms with Crippen LogP contribution in [0.3, 0.4) is 0 Å². The molecule has 0 aliphatic carbocycles. The molecule has 0 aromatic heterocycles. The van der Waals surface area contributed by atoms with E-state index < -0.39 is 5.54 Å². The van der Waals surface area contributed by atoms with E-state index in [0.29, 0.717) is 18.9 Å². The molecule has 0 bridgehead atoms. The van der Waals surface area contributed by atoms with Crippen LogP contribution in [0.4, 0.5) is 0 Å². The lowest BCUT2D eigenvalue weighted by Gasteiger charge is -2.15. The molecule has 1 rings (SSSR count). The molecule has 0 amide bonds. The monoisotopic (exact) mass is 198 g/mol. The summed E-state index contributed by atoms with van der Waals surface area (Å²) in [5.74, 6) is 0.529. The van der Waals surface area contributed by atoms with Crippen LogP contribution in [0.2, 0.25) is 0 Å². The zero-order valence-corrected chi connectivity index (χ0v) is 8.66. The fourth-order valence-corrected chi connectivity index (χ4v) is 1.30. The van der Waals surface area contributed by atoms with E-state index in [1.807, 2.05) is 6.07 Å². The predicted molar refractivity (Wildman–Crippen MR) is 52.6 cm³/mol. The Hall–Kier alpha value is -0.630. The second-order valence-electron chi connectivity index (χ2n) is 4.08. The van der Waals surface area contributed by atoms with Gasteiger partial charge in [0.25, 0.3) is 0 Å². The summed E-state index contributed by atoms with van der Waals surface area (Å²) in [4.78, 5) is 0. The van der Waals surface area contributed by atoms with Crippen LogP contribution in [-0.4, -0.2) is 32.0 Å². The number of nitrogens with two attached hydrogens (primary N) is 1. The lowest BCUT2D eigenvalue weighted by atomic mass is 10.0. The summed E-state index contributed by atoms with van der Waals surface area (Å²) in [6.45, 7) is 4.65. The van der Waals surface area contributed by atoms with Gasteiger partial charge in [-0.1, -0.05) is 0 Å². The molecule has 4 nitrogen and oxygen atoms in total. The summed E-state index contributed by atoms with van der Waals surface area (Å²) in [6.07, 6.45) is 1.66. The Morgan fingerprint density at radius 2 is 2.50 bits per heavy atom. The van der Waals surface area contributed by atoms with Crippen molar-refractivity contribution in [3.8, 4) is 6.07 Å². The Morgan fingerprint density at radius 1 is 1.71 bits per heavy atom. The highest BCUT2D eigenvalue weighted by Crippen LogP contribution is 2.13. The first-order valence-corrected chi connectivity index (χ1v) is 5.00. The summed E-state index contributed by atoms with van der Waals surface area (Å²) in [5.41, 5.74) is 4.89. The molecule has 2 atom stereocenters. The van der Waals surface area contributed by atoms with Crippen molar-refractivity contribution in [3.05, 3.63) is 0 Å². The van der Waals surface area contributed by atoms with Crippen LogP contribution in [0.25, 0.3) is 0 Å². The number of hydrogen-bond donors (Lipinski definition) is 1. The van der Waals surface area contributed by atoms with Gasteiger partial charge in [-0.15, -0.1) is 0 Å². The highest BCUT2D eigenvalue weighted by molar-refractivity contribution is 5.00. The van der Waals surface area contributed by atoms with Crippen LogP contribution in [0.15, 0.2) is 0 Å². The third kappa shape index (κ3) is 4.05. The largest absolute Gasteiger partial charge is 0.381 e. The quantitative estimate of drug-likeness (QED) is 0.659. The molecule has 0 spiro atoms. The first kappa shape index (κ1) is 11.4. The summed E-state index contributed by atoms with van der Waals surface area (Å²) in [6, 6.07) is 2.04. The van der Waals surface area contributed by atoms with Gasteiger partial charge < -0.3 is 15.2 Å². The Morgan fingerprint density at radius 3 is 3.07 bits per heavy atom. The molecule has 1 saturated heterocycles. The van der Waals surface area contributed by atoms with E-state index in [2.05, 4.69) is 0 Å². The summed E-state index contributed by atoms with van der Waals surface area (Å²) >= 11 is 0. The highest BCUT2D eigenvalue weighted by Gasteiger charge is 2.18. The minimum atomic E-state index is -0.758. The number of nitrogens with zero attached hydrogens (tertiary/aromatic N) is 1. The molecule has 0 radical (unpaired) electrons. The highest BCUT2D eigenvalue weighted by atomic mass is 16.5. The van der Waals surface area contributed by atoms with Gasteiger partial charge in [-0.25, -0.2) is 0 Å². The van der Waals surface area contributed by atoms with E-state index in [9.17, 15) is 0 Å². The van der Waals surface area contributed by atoms with Crippen LogP contribution in [0, 0.1) is 17.2 Å². The molecule has 2 unspecified atom stereocenters. The Balaban J connectivity index is 2.02. The molecule has 4 heteroatoms. The van der Waals surface area contributed by atoms with E-state index in [1.165, 1.54) is 0 Å². The van der Waals surface area contributed by atoms with Crippen molar-refractivity contribution in [3.63, 3.8) is 0 Å². The van der Waals surface area contributed by atoms with Gasteiger partial charge in [-0.05, 0) is 13.3 Å². The molecule has 0 aromatic carbocycles. The van der Waals surface area contributed by atoms with E-state index in [0.717, 1.165) is 26.2 Å². The average molecular weight is 198 g/mol. The standard InChI is InChI=1S/C10H18N2O2/c1-10(12,8-11)3-5-14-7-9-2-4-13-6-9/h9H,2-7,12H2,1H3. The SMILES string of the molecule is CC(N)(C#N)CCOCC1CCOC1. The minimum absolute atomic E-state index is 0.529.